The monoisotopic (exact) mass is 436 g/mol. The highest BCUT2D eigenvalue weighted by atomic mass is 16.5. The average Bonchev–Trinajstić information content (AvgIpc) is 3.31. The van der Waals surface area contributed by atoms with Gasteiger partial charge in [0.25, 0.3) is 5.56 Å². The third-order valence-electron chi connectivity index (χ3n) is 6.42. The highest BCUT2D eigenvalue weighted by Crippen LogP contribution is 2.26. The average molecular weight is 437 g/mol. The van der Waals surface area contributed by atoms with Crippen molar-refractivity contribution in [1.29, 1.82) is 0 Å². The van der Waals surface area contributed by atoms with Crippen molar-refractivity contribution in [2.75, 3.05) is 26.3 Å². The molecule has 2 fully saturated rings. The van der Waals surface area contributed by atoms with E-state index >= 15 is 0 Å². The van der Waals surface area contributed by atoms with E-state index in [1.165, 1.54) is 0 Å². The number of likely N-dealkylation sites (tertiary alicyclic amines) is 1. The summed E-state index contributed by atoms with van der Waals surface area (Å²) in [4.78, 5) is 28.1. The van der Waals surface area contributed by atoms with Crippen molar-refractivity contribution in [2.24, 2.45) is 5.92 Å². The minimum atomic E-state index is -0.0197. The zero-order chi connectivity index (χ0) is 21.8. The smallest absolute Gasteiger partial charge is 0.253 e. The summed E-state index contributed by atoms with van der Waals surface area (Å²) in [5, 5.41) is 4.19. The number of hydrogen-bond acceptors (Lipinski definition) is 8. The summed E-state index contributed by atoms with van der Waals surface area (Å²) in [5.41, 5.74) is 1.50. The molecule has 168 valence electrons. The summed E-state index contributed by atoms with van der Waals surface area (Å²) < 4.78 is 12.6. The van der Waals surface area contributed by atoms with E-state index in [1.807, 2.05) is 12.1 Å². The molecule has 5 rings (SSSR count). The normalized spacial score (nSPS) is 18.8. The van der Waals surface area contributed by atoms with Gasteiger partial charge in [-0.15, -0.1) is 0 Å². The Kier molecular flexibility index (Phi) is 6.36. The molecule has 0 radical (unpaired) electrons. The Morgan fingerprint density at radius 1 is 1.12 bits per heavy atom. The number of aromatic nitrogens is 5. The van der Waals surface area contributed by atoms with Crippen molar-refractivity contribution >= 4 is 0 Å². The molecule has 0 spiro atoms. The number of piperidine rings is 1. The number of hydrogen-bond donors (Lipinski definition) is 0. The van der Waals surface area contributed by atoms with Gasteiger partial charge in [-0.05, 0) is 56.8 Å². The highest BCUT2D eigenvalue weighted by molar-refractivity contribution is 5.56. The van der Waals surface area contributed by atoms with Crippen molar-refractivity contribution in [3.05, 3.63) is 59.0 Å². The second-order valence-corrected chi connectivity index (χ2v) is 8.66. The summed E-state index contributed by atoms with van der Waals surface area (Å²) in [7, 11) is 0. The largest absolute Gasteiger partial charge is 0.381 e. The van der Waals surface area contributed by atoms with Crippen LogP contribution in [0.4, 0.5) is 0 Å². The molecule has 0 saturated carbocycles. The van der Waals surface area contributed by atoms with E-state index in [2.05, 4.69) is 25.0 Å². The molecule has 2 saturated heterocycles. The summed E-state index contributed by atoms with van der Waals surface area (Å²) in [6, 6.07) is 5.35. The first kappa shape index (κ1) is 21.0. The lowest BCUT2D eigenvalue weighted by Gasteiger charge is -2.31. The van der Waals surface area contributed by atoms with Crippen LogP contribution in [0.1, 0.15) is 43.3 Å². The first-order valence-corrected chi connectivity index (χ1v) is 11.3. The molecule has 5 heterocycles. The molecule has 0 bridgehead atoms. The summed E-state index contributed by atoms with van der Waals surface area (Å²) in [6.07, 6.45) is 9.05. The molecule has 0 atom stereocenters. The van der Waals surface area contributed by atoms with Crippen LogP contribution in [0.3, 0.4) is 0 Å². The first-order valence-electron chi connectivity index (χ1n) is 11.3. The van der Waals surface area contributed by atoms with Gasteiger partial charge in [0.2, 0.25) is 5.89 Å². The van der Waals surface area contributed by atoms with Gasteiger partial charge in [0.15, 0.2) is 5.82 Å². The number of nitrogens with zero attached hydrogens (tertiary/aromatic N) is 6. The predicted octanol–water partition coefficient (Wildman–Crippen LogP) is 2.49. The van der Waals surface area contributed by atoms with Gasteiger partial charge in [-0.1, -0.05) is 5.16 Å². The van der Waals surface area contributed by atoms with Crippen molar-refractivity contribution in [3.8, 4) is 11.3 Å². The van der Waals surface area contributed by atoms with Gasteiger partial charge < -0.3 is 9.26 Å². The second-order valence-electron chi connectivity index (χ2n) is 8.66. The lowest BCUT2D eigenvalue weighted by atomic mass is 9.96. The van der Waals surface area contributed by atoms with Crippen molar-refractivity contribution in [1.82, 2.24) is 29.6 Å². The Labute approximate surface area is 186 Å². The molecule has 0 aliphatic carbocycles. The van der Waals surface area contributed by atoms with Crippen LogP contribution in [0.5, 0.6) is 0 Å². The summed E-state index contributed by atoms with van der Waals surface area (Å²) in [5.74, 6) is 2.29. The first-order chi connectivity index (χ1) is 15.7. The van der Waals surface area contributed by atoms with Gasteiger partial charge in [0, 0.05) is 49.7 Å². The minimum Gasteiger partial charge on any atom is -0.381 e. The Bertz CT molecular complexity index is 1070. The molecule has 9 nitrogen and oxygen atoms in total. The van der Waals surface area contributed by atoms with E-state index in [1.54, 1.807) is 29.4 Å². The Morgan fingerprint density at radius 3 is 2.72 bits per heavy atom. The maximum absolute atomic E-state index is 12.6. The zero-order valence-electron chi connectivity index (χ0n) is 18.1. The quantitative estimate of drug-likeness (QED) is 0.581. The molecule has 9 heteroatoms. The van der Waals surface area contributed by atoms with E-state index < -0.39 is 0 Å². The van der Waals surface area contributed by atoms with Gasteiger partial charge >= 0.3 is 0 Å². The van der Waals surface area contributed by atoms with Crippen LogP contribution in [0.2, 0.25) is 0 Å². The molecule has 32 heavy (non-hydrogen) atoms. The molecule has 2 aliphatic rings. The maximum Gasteiger partial charge on any atom is 0.253 e. The second kappa shape index (κ2) is 9.70. The molecule has 2 aliphatic heterocycles. The van der Waals surface area contributed by atoms with Gasteiger partial charge in [-0.2, -0.15) is 4.98 Å². The van der Waals surface area contributed by atoms with E-state index in [9.17, 15) is 4.79 Å². The van der Waals surface area contributed by atoms with E-state index in [4.69, 9.17) is 9.26 Å². The summed E-state index contributed by atoms with van der Waals surface area (Å²) in [6.45, 7) is 4.86. The van der Waals surface area contributed by atoms with Gasteiger partial charge in [0.05, 0.1) is 18.6 Å². The van der Waals surface area contributed by atoms with Crippen LogP contribution in [-0.4, -0.2) is 55.9 Å². The lowest BCUT2D eigenvalue weighted by molar-refractivity contribution is 0.0778. The maximum atomic E-state index is 12.6. The Hall–Kier alpha value is -2.91. The van der Waals surface area contributed by atoms with E-state index in [0.717, 1.165) is 69.3 Å². The third-order valence-corrected chi connectivity index (χ3v) is 6.42. The lowest BCUT2D eigenvalue weighted by Crippen LogP contribution is -2.36. The molecular formula is C23H28N6O3. The molecule has 0 N–H and O–H groups in total. The fourth-order valence-corrected chi connectivity index (χ4v) is 4.48. The number of rotatable bonds is 6. The van der Waals surface area contributed by atoms with Crippen LogP contribution in [0.25, 0.3) is 11.3 Å². The molecule has 0 unspecified atom stereocenters. The van der Waals surface area contributed by atoms with Crippen molar-refractivity contribution in [3.63, 3.8) is 0 Å². The van der Waals surface area contributed by atoms with E-state index in [-0.39, 0.29) is 5.56 Å². The van der Waals surface area contributed by atoms with Crippen LogP contribution in [0.15, 0.2) is 46.2 Å². The Balaban J connectivity index is 1.13. The Morgan fingerprint density at radius 2 is 1.97 bits per heavy atom. The zero-order valence-corrected chi connectivity index (χ0v) is 18.1. The van der Waals surface area contributed by atoms with Crippen LogP contribution < -0.4 is 5.56 Å². The predicted molar refractivity (Wildman–Crippen MR) is 117 cm³/mol. The number of ether oxygens (including phenoxy) is 1. The number of pyridine rings is 1. The van der Waals surface area contributed by atoms with Crippen LogP contribution >= 0.6 is 0 Å². The standard InChI is InChI=1S/C23H28N6O3/c30-22-12-20(19-2-1-7-24-13-19)25-16-29(22)14-17-3-8-28(9-4-17)15-21-26-23(32-27-21)18-5-10-31-11-6-18/h1-2,7,12-13,16-18H,3-6,8-11,14-15H2. The third kappa shape index (κ3) is 4.94. The van der Waals surface area contributed by atoms with Gasteiger partial charge in [0.1, 0.15) is 0 Å². The molecule has 3 aromatic heterocycles. The molecular weight excluding hydrogens is 408 g/mol. The van der Waals surface area contributed by atoms with Gasteiger partial charge in [-0.25, -0.2) is 4.98 Å². The SMILES string of the molecule is O=c1cc(-c2cccnc2)ncn1CC1CCN(Cc2noc(C3CCOCC3)n2)CC1. The van der Waals surface area contributed by atoms with Gasteiger partial charge in [-0.3, -0.25) is 19.2 Å². The van der Waals surface area contributed by atoms with Crippen LogP contribution in [-0.2, 0) is 17.8 Å². The van der Waals surface area contributed by atoms with Crippen LogP contribution in [0, 0.1) is 5.92 Å². The molecule has 3 aromatic rings. The fourth-order valence-electron chi connectivity index (χ4n) is 4.48. The minimum absolute atomic E-state index is 0.0197. The van der Waals surface area contributed by atoms with E-state index in [0.29, 0.717) is 30.6 Å². The fraction of sp³-hybridized carbons (Fsp3) is 0.522. The van der Waals surface area contributed by atoms with Crippen molar-refractivity contribution < 1.29 is 9.26 Å². The highest BCUT2D eigenvalue weighted by Gasteiger charge is 2.24. The molecule has 0 amide bonds. The van der Waals surface area contributed by atoms with Crippen molar-refractivity contribution in [2.45, 2.75) is 44.7 Å². The topological polar surface area (TPSA) is 99.2 Å². The summed E-state index contributed by atoms with van der Waals surface area (Å²) >= 11 is 0. The molecule has 0 aromatic carbocycles.